The van der Waals surface area contributed by atoms with Crippen molar-refractivity contribution in [2.45, 2.75) is 0 Å². The number of ether oxygens (including phenoxy) is 1. The Morgan fingerprint density at radius 3 is 2.36 bits per heavy atom. The molecular formula is C10H8O4. The van der Waals surface area contributed by atoms with Crippen LogP contribution in [0.2, 0.25) is 0 Å². The summed E-state index contributed by atoms with van der Waals surface area (Å²) in [7, 11) is 0. The van der Waals surface area contributed by atoms with E-state index in [0.29, 0.717) is 0 Å². The normalized spacial score (nSPS) is 9.14. The Kier molecular flexibility index (Phi) is 3.01. The summed E-state index contributed by atoms with van der Waals surface area (Å²) in [6, 6.07) is 5.82. The molecule has 72 valence electrons. The molecule has 0 aliphatic carbocycles. The lowest BCUT2D eigenvalue weighted by Gasteiger charge is -2.02. The number of carboxylic acid groups (broad SMARTS) is 1. The summed E-state index contributed by atoms with van der Waals surface area (Å²) < 4.78 is 4.48. The van der Waals surface area contributed by atoms with E-state index in [9.17, 15) is 9.59 Å². The Balaban J connectivity index is 3.12. The van der Waals surface area contributed by atoms with Gasteiger partial charge in [0.1, 0.15) is 0 Å². The molecule has 1 aromatic carbocycles. The topological polar surface area (TPSA) is 63.6 Å². The standard InChI is InChI=1S/C10H8O4/c1-2-14-10(13)8-6-4-3-5-7(8)9(11)12/h2-6H,1H2,(H,11,12). The van der Waals surface area contributed by atoms with Gasteiger partial charge in [-0.3, -0.25) is 0 Å². The lowest BCUT2D eigenvalue weighted by Crippen LogP contribution is -2.09. The zero-order valence-electron chi connectivity index (χ0n) is 7.27. The molecular weight excluding hydrogens is 184 g/mol. The molecule has 0 heterocycles. The summed E-state index contributed by atoms with van der Waals surface area (Å²) in [5.41, 5.74) is -0.0701. The third-order valence-electron chi connectivity index (χ3n) is 1.57. The Labute approximate surface area is 80.4 Å². The second-order valence-electron chi connectivity index (χ2n) is 2.42. The Morgan fingerprint density at radius 2 is 1.86 bits per heavy atom. The van der Waals surface area contributed by atoms with Crippen molar-refractivity contribution in [3.05, 3.63) is 48.2 Å². The molecule has 14 heavy (non-hydrogen) atoms. The van der Waals surface area contributed by atoms with E-state index in [2.05, 4.69) is 11.3 Å². The first-order valence-electron chi connectivity index (χ1n) is 3.81. The van der Waals surface area contributed by atoms with E-state index in [0.717, 1.165) is 6.26 Å². The number of carboxylic acids is 1. The summed E-state index contributed by atoms with van der Waals surface area (Å²) in [5.74, 6) is -1.89. The molecule has 1 N–H and O–H groups in total. The molecule has 0 unspecified atom stereocenters. The average Bonchev–Trinajstić information content (AvgIpc) is 2.18. The van der Waals surface area contributed by atoms with Crippen molar-refractivity contribution in [3.63, 3.8) is 0 Å². The van der Waals surface area contributed by atoms with Crippen LogP contribution in [0.15, 0.2) is 37.1 Å². The summed E-state index contributed by atoms with van der Waals surface area (Å²) in [4.78, 5) is 21.9. The van der Waals surface area contributed by atoms with Crippen molar-refractivity contribution in [2.24, 2.45) is 0 Å². The van der Waals surface area contributed by atoms with E-state index in [-0.39, 0.29) is 11.1 Å². The van der Waals surface area contributed by atoms with Crippen LogP contribution >= 0.6 is 0 Å². The van der Waals surface area contributed by atoms with E-state index in [1.165, 1.54) is 18.2 Å². The maximum atomic E-state index is 11.2. The lowest BCUT2D eigenvalue weighted by molar-refractivity contribution is 0.0632. The Bertz CT molecular complexity index is 381. The van der Waals surface area contributed by atoms with Gasteiger partial charge in [0.25, 0.3) is 0 Å². The van der Waals surface area contributed by atoms with Crippen molar-refractivity contribution < 1.29 is 19.4 Å². The SMILES string of the molecule is C=COC(=O)c1ccccc1C(=O)O. The van der Waals surface area contributed by atoms with Gasteiger partial charge in [-0.25, -0.2) is 9.59 Å². The molecule has 0 atom stereocenters. The van der Waals surface area contributed by atoms with Gasteiger partial charge in [-0.1, -0.05) is 18.7 Å². The van der Waals surface area contributed by atoms with Gasteiger partial charge < -0.3 is 9.84 Å². The van der Waals surface area contributed by atoms with Gasteiger partial charge in [0.2, 0.25) is 0 Å². The highest BCUT2D eigenvalue weighted by Crippen LogP contribution is 2.10. The van der Waals surface area contributed by atoms with Crippen molar-refractivity contribution in [2.75, 3.05) is 0 Å². The first-order valence-corrected chi connectivity index (χ1v) is 3.81. The molecule has 4 nitrogen and oxygen atoms in total. The molecule has 0 saturated heterocycles. The Morgan fingerprint density at radius 1 is 1.29 bits per heavy atom. The van der Waals surface area contributed by atoms with Crippen LogP contribution in [0, 0.1) is 0 Å². The number of hydrogen-bond acceptors (Lipinski definition) is 3. The minimum Gasteiger partial charge on any atom is -0.478 e. The molecule has 0 amide bonds. The van der Waals surface area contributed by atoms with E-state index in [1.54, 1.807) is 6.07 Å². The molecule has 0 radical (unpaired) electrons. The number of esters is 1. The fraction of sp³-hybridized carbons (Fsp3) is 0. The van der Waals surface area contributed by atoms with Gasteiger partial charge in [-0.2, -0.15) is 0 Å². The van der Waals surface area contributed by atoms with E-state index < -0.39 is 11.9 Å². The minimum absolute atomic E-state index is 0.0138. The molecule has 0 aliphatic rings. The van der Waals surface area contributed by atoms with Gasteiger partial charge >= 0.3 is 11.9 Å². The highest BCUT2D eigenvalue weighted by molar-refractivity contribution is 6.02. The number of carbonyl (C=O) groups excluding carboxylic acids is 1. The third kappa shape index (κ3) is 1.98. The zero-order chi connectivity index (χ0) is 10.6. The number of hydrogen-bond donors (Lipinski definition) is 1. The van der Waals surface area contributed by atoms with Crippen LogP contribution in [-0.2, 0) is 4.74 Å². The molecule has 4 heteroatoms. The van der Waals surface area contributed by atoms with Crippen LogP contribution in [0.1, 0.15) is 20.7 Å². The van der Waals surface area contributed by atoms with E-state index >= 15 is 0 Å². The molecule has 0 spiro atoms. The number of aromatic carboxylic acids is 1. The fourth-order valence-corrected chi connectivity index (χ4v) is 0.987. The van der Waals surface area contributed by atoms with Crippen LogP contribution in [0.25, 0.3) is 0 Å². The highest BCUT2D eigenvalue weighted by atomic mass is 16.5. The summed E-state index contributed by atoms with van der Waals surface area (Å²) in [6.07, 6.45) is 0.959. The summed E-state index contributed by atoms with van der Waals surface area (Å²) in [6.45, 7) is 3.21. The van der Waals surface area contributed by atoms with Crippen molar-refractivity contribution in [1.82, 2.24) is 0 Å². The quantitative estimate of drug-likeness (QED) is 0.584. The van der Waals surface area contributed by atoms with Gasteiger partial charge in [-0.15, -0.1) is 0 Å². The summed E-state index contributed by atoms with van der Waals surface area (Å²) in [5, 5.41) is 8.75. The minimum atomic E-state index is -1.17. The molecule has 1 rings (SSSR count). The highest BCUT2D eigenvalue weighted by Gasteiger charge is 2.15. The largest absolute Gasteiger partial charge is 0.478 e. The molecule has 0 saturated carbocycles. The number of carbonyl (C=O) groups is 2. The van der Waals surface area contributed by atoms with Crippen LogP contribution in [0.3, 0.4) is 0 Å². The first-order chi connectivity index (χ1) is 6.66. The van der Waals surface area contributed by atoms with Gasteiger partial charge in [-0.05, 0) is 12.1 Å². The van der Waals surface area contributed by atoms with E-state index in [4.69, 9.17) is 5.11 Å². The average molecular weight is 192 g/mol. The maximum Gasteiger partial charge on any atom is 0.343 e. The molecule has 1 aromatic rings. The van der Waals surface area contributed by atoms with Crippen molar-refractivity contribution in [3.8, 4) is 0 Å². The molecule has 0 aliphatic heterocycles. The van der Waals surface area contributed by atoms with Gasteiger partial charge in [0.05, 0.1) is 17.4 Å². The lowest BCUT2D eigenvalue weighted by atomic mass is 10.1. The maximum absolute atomic E-state index is 11.2. The van der Waals surface area contributed by atoms with Gasteiger partial charge in [0, 0.05) is 0 Å². The first kappa shape index (κ1) is 9.98. The molecule has 0 aromatic heterocycles. The van der Waals surface area contributed by atoms with Crippen LogP contribution in [0.4, 0.5) is 0 Å². The van der Waals surface area contributed by atoms with Crippen LogP contribution < -0.4 is 0 Å². The molecule has 0 bridgehead atoms. The monoisotopic (exact) mass is 192 g/mol. The molecule has 0 fully saturated rings. The second kappa shape index (κ2) is 4.23. The smallest absolute Gasteiger partial charge is 0.343 e. The Hall–Kier alpha value is -2.10. The van der Waals surface area contributed by atoms with Crippen molar-refractivity contribution >= 4 is 11.9 Å². The number of benzene rings is 1. The fourth-order valence-electron chi connectivity index (χ4n) is 0.987. The summed E-state index contributed by atoms with van der Waals surface area (Å²) >= 11 is 0. The van der Waals surface area contributed by atoms with Crippen LogP contribution in [0.5, 0.6) is 0 Å². The van der Waals surface area contributed by atoms with E-state index in [1.807, 2.05) is 0 Å². The zero-order valence-corrected chi connectivity index (χ0v) is 7.27. The third-order valence-corrected chi connectivity index (χ3v) is 1.57. The second-order valence-corrected chi connectivity index (χ2v) is 2.42. The van der Waals surface area contributed by atoms with Crippen molar-refractivity contribution in [1.29, 1.82) is 0 Å². The van der Waals surface area contributed by atoms with Gasteiger partial charge in [0.15, 0.2) is 0 Å². The predicted octanol–water partition coefficient (Wildman–Crippen LogP) is 1.69. The number of rotatable bonds is 3. The predicted molar refractivity (Wildman–Crippen MR) is 49.0 cm³/mol. The van der Waals surface area contributed by atoms with Crippen LogP contribution in [-0.4, -0.2) is 17.0 Å².